The van der Waals surface area contributed by atoms with Gasteiger partial charge in [0, 0.05) is 56.8 Å². The van der Waals surface area contributed by atoms with Crippen LogP contribution in [0.15, 0.2) is 142 Å². The second-order valence-electron chi connectivity index (χ2n) is 14.4. The van der Waals surface area contributed by atoms with Gasteiger partial charge >= 0.3 is 5.97 Å². The maximum absolute atomic E-state index is 11.9. The average Bonchev–Trinajstić information content (AvgIpc) is 3.56. The second-order valence-corrected chi connectivity index (χ2v) is 14.4. The highest BCUT2D eigenvalue weighted by Crippen LogP contribution is 2.26. The van der Waals surface area contributed by atoms with Gasteiger partial charge in [0.1, 0.15) is 11.5 Å². The van der Waals surface area contributed by atoms with Crippen LogP contribution in [0.1, 0.15) is 54.8 Å². The van der Waals surface area contributed by atoms with Gasteiger partial charge in [-0.15, -0.1) is 0 Å². The first-order valence-electron chi connectivity index (χ1n) is 19.1. The number of rotatable bonds is 13. The van der Waals surface area contributed by atoms with Crippen molar-refractivity contribution in [2.24, 2.45) is 0 Å². The lowest BCUT2D eigenvalue weighted by Gasteiger charge is -2.30. The zero-order valence-corrected chi connectivity index (χ0v) is 32.2. The zero-order chi connectivity index (χ0) is 38.6. The number of carboxylic acids is 1. The molecule has 0 unspecified atom stereocenters. The smallest absolute Gasteiger partial charge is 0.331 e. The number of carbonyl (C=O) groups excluding carboxylic acids is 1. The van der Waals surface area contributed by atoms with Crippen molar-refractivity contribution < 1.29 is 23.8 Å². The molecule has 8 heteroatoms. The number of ketones is 1. The first-order chi connectivity index (χ1) is 26.7. The summed E-state index contributed by atoms with van der Waals surface area (Å²) in [6.45, 7) is 11.3. The SMILES string of the molecule is CC(=O)C1=C(C)CN(Cc2ccccc2)CC1.Cc1oc(-c2ccccc2)nc1CCOc1ccc(CC2=C(C(=O)O)CCN(Cc3ccccc3)C2)cc1. The summed E-state index contributed by atoms with van der Waals surface area (Å²) in [6, 6.07) is 38.6. The molecule has 5 aromatic rings. The van der Waals surface area contributed by atoms with Gasteiger partial charge in [0.2, 0.25) is 5.89 Å². The van der Waals surface area contributed by atoms with Crippen LogP contribution in [0.4, 0.5) is 0 Å². The number of aromatic nitrogens is 1. The van der Waals surface area contributed by atoms with Crippen LogP contribution in [0.2, 0.25) is 0 Å². The molecule has 0 radical (unpaired) electrons. The van der Waals surface area contributed by atoms with Gasteiger partial charge in [-0.2, -0.15) is 0 Å². The molecular formula is C47H51N3O5. The van der Waals surface area contributed by atoms with Crippen LogP contribution in [0.3, 0.4) is 0 Å². The van der Waals surface area contributed by atoms with Crippen LogP contribution in [0.25, 0.3) is 11.5 Å². The van der Waals surface area contributed by atoms with Crippen molar-refractivity contribution in [3.63, 3.8) is 0 Å². The van der Waals surface area contributed by atoms with E-state index in [1.165, 1.54) is 16.7 Å². The Bertz CT molecular complexity index is 2090. The van der Waals surface area contributed by atoms with Crippen LogP contribution in [0, 0.1) is 6.92 Å². The summed E-state index contributed by atoms with van der Waals surface area (Å²) >= 11 is 0. The number of carbonyl (C=O) groups is 2. The highest BCUT2D eigenvalue weighted by molar-refractivity contribution is 5.94. The Kier molecular flexibility index (Phi) is 13.6. The average molecular weight is 738 g/mol. The summed E-state index contributed by atoms with van der Waals surface area (Å²) in [7, 11) is 0. The highest BCUT2D eigenvalue weighted by Gasteiger charge is 2.24. The molecule has 0 spiro atoms. The molecule has 8 nitrogen and oxygen atoms in total. The summed E-state index contributed by atoms with van der Waals surface area (Å²) in [4.78, 5) is 32.7. The molecule has 0 amide bonds. The molecule has 4 aromatic carbocycles. The number of oxazole rings is 1. The fourth-order valence-corrected chi connectivity index (χ4v) is 7.31. The molecule has 7 rings (SSSR count). The number of nitrogens with zero attached hydrogens (tertiary/aromatic N) is 3. The van der Waals surface area contributed by atoms with Crippen molar-refractivity contribution in [1.29, 1.82) is 0 Å². The first kappa shape index (κ1) is 39.1. The molecule has 1 aromatic heterocycles. The lowest BCUT2D eigenvalue weighted by Crippen LogP contribution is -2.33. The van der Waals surface area contributed by atoms with Crippen LogP contribution in [-0.4, -0.2) is 64.4 Å². The Morgan fingerprint density at radius 1 is 0.727 bits per heavy atom. The van der Waals surface area contributed by atoms with Gasteiger partial charge in [0.25, 0.3) is 0 Å². The van der Waals surface area contributed by atoms with Crippen molar-refractivity contribution in [3.05, 3.63) is 166 Å². The van der Waals surface area contributed by atoms with E-state index in [-0.39, 0.29) is 5.78 Å². The standard InChI is InChI=1S/C32H32N2O4.C15H19NO/c1-23-30(33-31(38-23)26-10-6-3-7-11-26)17-19-37-28-14-12-24(13-15-28)20-27-22-34(18-16-29(27)32(35)36)21-25-8-4-2-5-9-25;1-12-10-16(9-8-15(12)13(2)17)11-14-6-4-3-5-7-14/h2-15H,16-22H2,1H3,(H,35,36);3-7H,8-11H2,1-2H3. The monoisotopic (exact) mass is 737 g/mol. The van der Waals surface area contributed by atoms with E-state index in [9.17, 15) is 14.7 Å². The van der Waals surface area contributed by atoms with E-state index in [2.05, 4.69) is 58.1 Å². The van der Waals surface area contributed by atoms with E-state index in [1.807, 2.05) is 85.8 Å². The van der Waals surface area contributed by atoms with Gasteiger partial charge in [-0.05, 0) is 92.1 Å². The van der Waals surface area contributed by atoms with Gasteiger partial charge in [0.15, 0.2) is 5.78 Å². The van der Waals surface area contributed by atoms with Gasteiger partial charge < -0.3 is 14.3 Å². The number of hydrogen-bond donors (Lipinski definition) is 1. The Balaban J connectivity index is 0.000000252. The first-order valence-corrected chi connectivity index (χ1v) is 19.1. The third-order valence-electron chi connectivity index (χ3n) is 10.2. The fraction of sp³-hybridized carbons (Fsp3) is 0.298. The Hall–Kier alpha value is -5.57. The minimum Gasteiger partial charge on any atom is -0.493 e. The van der Waals surface area contributed by atoms with Crippen molar-refractivity contribution in [3.8, 4) is 17.2 Å². The predicted octanol–water partition coefficient (Wildman–Crippen LogP) is 8.90. The Morgan fingerprint density at radius 2 is 1.29 bits per heavy atom. The number of carboxylic acid groups (broad SMARTS) is 1. The van der Waals surface area contributed by atoms with Crippen molar-refractivity contribution in [1.82, 2.24) is 14.8 Å². The number of hydrogen-bond acceptors (Lipinski definition) is 7. The van der Waals surface area contributed by atoms with Gasteiger partial charge in [-0.25, -0.2) is 9.78 Å². The van der Waals surface area contributed by atoms with E-state index < -0.39 is 5.97 Å². The van der Waals surface area contributed by atoms with Crippen LogP contribution >= 0.6 is 0 Å². The third-order valence-corrected chi connectivity index (χ3v) is 10.2. The molecule has 2 aliphatic rings. The summed E-state index contributed by atoms with van der Waals surface area (Å²) in [5, 5.41) is 9.78. The van der Waals surface area contributed by atoms with E-state index >= 15 is 0 Å². The number of benzene rings is 4. The minimum atomic E-state index is -0.808. The van der Waals surface area contributed by atoms with E-state index in [0.717, 1.165) is 78.6 Å². The fourth-order valence-electron chi connectivity index (χ4n) is 7.31. The molecule has 0 atom stereocenters. The molecule has 0 saturated heterocycles. The Labute approximate surface area is 324 Å². The van der Waals surface area contributed by atoms with Crippen molar-refractivity contribution in [2.45, 2.75) is 59.5 Å². The minimum absolute atomic E-state index is 0.238. The zero-order valence-electron chi connectivity index (χ0n) is 32.2. The number of aliphatic carboxylic acids is 1. The highest BCUT2D eigenvalue weighted by atomic mass is 16.5. The molecule has 1 N–H and O–H groups in total. The molecule has 2 aliphatic heterocycles. The summed E-state index contributed by atoms with van der Waals surface area (Å²) in [5.41, 5.74) is 9.31. The summed E-state index contributed by atoms with van der Waals surface area (Å²) in [5.74, 6) is 1.64. The van der Waals surface area contributed by atoms with Gasteiger partial charge in [0.05, 0.1) is 12.3 Å². The molecule has 3 heterocycles. The van der Waals surface area contributed by atoms with Crippen LogP contribution in [-0.2, 0) is 35.5 Å². The molecular weight excluding hydrogens is 687 g/mol. The van der Waals surface area contributed by atoms with E-state index in [4.69, 9.17) is 9.15 Å². The number of ether oxygens (including phenoxy) is 1. The number of aryl methyl sites for hydroxylation is 1. The summed E-state index contributed by atoms with van der Waals surface area (Å²) in [6.07, 6.45) is 2.73. The van der Waals surface area contributed by atoms with E-state index in [1.54, 1.807) is 6.92 Å². The molecule has 0 aliphatic carbocycles. The third kappa shape index (κ3) is 11.2. The summed E-state index contributed by atoms with van der Waals surface area (Å²) < 4.78 is 11.8. The maximum Gasteiger partial charge on any atom is 0.331 e. The normalized spacial score (nSPS) is 15.0. The van der Waals surface area contributed by atoms with Crippen molar-refractivity contribution in [2.75, 3.05) is 32.8 Å². The molecule has 55 heavy (non-hydrogen) atoms. The Morgan fingerprint density at radius 3 is 1.85 bits per heavy atom. The molecule has 0 fully saturated rings. The quantitative estimate of drug-likeness (QED) is 0.128. The largest absolute Gasteiger partial charge is 0.493 e. The van der Waals surface area contributed by atoms with Crippen LogP contribution < -0.4 is 4.74 Å². The van der Waals surface area contributed by atoms with Crippen LogP contribution in [0.5, 0.6) is 5.75 Å². The predicted molar refractivity (Wildman–Crippen MR) is 217 cm³/mol. The second kappa shape index (κ2) is 19.1. The lowest BCUT2D eigenvalue weighted by atomic mass is 9.94. The topological polar surface area (TPSA) is 96.1 Å². The van der Waals surface area contributed by atoms with E-state index in [0.29, 0.717) is 43.9 Å². The van der Waals surface area contributed by atoms with Gasteiger partial charge in [-0.3, -0.25) is 14.6 Å². The van der Waals surface area contributed by atoms with Gasteiger partial charge in [-0.1, -0.05) is 96.6 Å². The molecule has 0 bridgehead atoms. The molecule has 284 valence electrons. The van der Waals surface area contributed by atoms with Crippen molar-refractivity contribution >= 4 is 11.8 Å². The molecule has 0 saturated carbocycles. The maximum atomic E-state index is 11.9. The number of Topliss-reactive ketones (excluding diaryl/α,β-unsaturated/α-hetero) is 1. The lowest BCUT2D eigenvalue weighted by molar-refractivity contribution is -0.133.